The number of nitrogens with one attached hydrogen (secondary N) is 1. The first-order chi connectivity index (χ1) is 16.8. The van der Waals surface area contributed by atoms with Gasteiger partial charge in [0.15, 0.2) is 17.3 Å². The molecule has 0 spiro atoms. The molecule has 0 saturated heterocycles. The third kappa shape index (κ3) is 5.52. The van der Waals surface area contributed by atoms with E-state index in [1.165, 1.54) is 16.8 Å². The van der Waals surface area contributed by atoms with Crippen LogP contribution in [-0.2, 0) is 4.79 Å². The van der Waals surface area contributed by atoms with E-state index in [0.29, 0.717) is 40.5 Å². The number of carbonyl (C=O) groups excluding carboxylic acids is 1. The summed E-state index contributed by atoms with van der Waals surface area (Å²) in [4.78, 5) is 16.7. The Hall–Kier alpha value is -3.30. The number of thioether (sulfide) groups is 1. The van der Waals surface area contributed by atoms with Crippen molar-refractivity contribution < 1.29 is 19.0 Å². The summed E-state index contributed by atoms with van der Waals surface area (Å²) in [5.74, 6) is 1.47. The number of benzene rings is 2. The molecule has 0 atom stereocenters. The van der Waals surface area contributed by atoms with Crippen LogP contribution in [0.4, 0.5) is 0 Å². The zero-order chi connectivity index (χ0) is 25.1. The molecule has 2 heterocycles. The summed E-state index contributed by atoms with van der Waals surface area (Å²) >= 11 is 7.36. The Balaban J connectivity index is 1.44. The third-order valence-electron chi connectivity index (χ3n) is 5.20. The van der Waals surface area contributed by atoms with E-state index in [9.17, 15) is 4.79 Å². The molecule has 1 N–H and O–H groups in total. The van der Waals surface area contributed by atoms with Gasteiger partial charge in [0.1, 0.15) is 24.0 Å². The number of amidine groups is 2. The number of amides is 1. The summed E-state index contributed by atoms with van der Waals surface area (Å²) in [6, 6.07) is 10.8. The fourth-order valence-corrected chi connectivity index (χ4v) is 4.33. The normalized spacial score (nSPS) is 16.4. The number of nitrogens with zero attached hydrogens (tertiary/aromatic N) is 3. The molecule has 2 aliphatic rings. The standard InChI is InChI=1S/C25H25ClN4O4S/c1-14(2)24-29-30-22(27)18(23(31)28-25(30)35-24)12-16-5-8-20(21(13-16)32-4)34-10-9-33-17-6-7-19(26)15(3)11-17/h5-8,11-14,27H,9-10H2,1-4H3/b18-12-,27-22?. The number of aryl methyl sites for hydroxylation is 1. The number of halogens is 1. The molecule has 0 aliphatic carbocycles. The lowest BCUT2D eigenvalue weighted by Gasteiger charge is -2.20. The van der Waals surface area contributed by atoms with Crippen LogP contribution in [0.1, 0.15) is 25.0 Å². The Kier molecular flexibility index (Phi) is 7.47. The van der Waals surface area contributed by atoms with Crippen LogP contribution in [0.15, 0.2) is 52.1 Å². The van der Waals surface area contributed by atoms with Crippen LogP contribution in [-0.4, -0.2) is 47.3 Å². The predicted molar refractivity (Wildman–Crippen MR) is 140 cm³/mol. The number of ether oxygens (including phenoxy) is 3. The van der Waals surface area contributed by atoms with Crippen LogP contribution >= 0.6 is 23.4 Å². The maximum atomic E-state index is 12.6. The Morgan fingerprint density at radius 1 is 1.14 bits per heavy atom. The highest BCUT2D eigenvalue weighted by atomic mass is 35.5. The van der Waals surface area contributed by atoms with E-state index >= 15 is 0 Å². The number of aliphatic imine (C=N–C) groups is 1. The lowest BCUT2D eigenvalue weighted by Crippen LogP contribution is -2.35. The van der Waals surface area contributed by atoms with Gasteiger partial charge in [0.25, 0.3) is 5.91 Å². The summed E-state index contributed by atoms with van der Waals surface area (Å²) in [6.45, 7) is 6.58. The minimum atomic E-state index is -0.470. The molecule has 0 radical (unpaired) electrons. The molecule has 0 saturated carbocycles. The SMILES string of the molecule is COc1cc(/C=C2/C(=N)N3N=C(C(C)C)SC3=NC2=O)ccc1OCCOc1ccc(Cl)c(C)c1. The number of rotatable bonds is 8. The molecular weight excluding hydrogens is 488 g/mol. The number of hydrogen-bond donors (Lipinski definition) is 1. The molecule has 0 bridgehead atoms. The maximum Gasteiger partial charge on any atom is 0.283 e. The number of fused-ring (bicyclic) bond motifs is 1. The first-order valence-corrected chi connectivity index (χ1v) is 12.2. The average molecular weight is 513 g/mol. The molecule has 0 unspecified atom stereocenters. The van der Waals surface area contributed by atoms with Crippen molar-refractivity contribution in [1.82, 2.24) is 5.01 Å². The van der Waals surface area contributed by atoms with E-state index in [1.807, 2.05) is 32.9 Å². The number of carbonyl (C=O) groups is 1. The summed E-state index contributed by atoms with van der Waals surface area (Å²) in [5.41, 5.74) is 1.78. The Morgan fingerprint density at radius 3 is 2.63 bits per heavy atom. The van der Waals surface area contributed by atoms with Gasteiger partial charge in [-0.1, -0.05) is 31.5 Å². The van der Waals surface area contributed by atoms with Crippen LogP contribution in [0.5, 0.6) is 17.2 Å². The molecule has 0 aromatic heterocycles. The van der Waals surface area contributed by atoms with Gasteiger partial charge in [-0.3, -0.25) is 10.2 Å². The second kappa shape index (κ2) is 10.5. The molecule has 182 valence electrons. The van der Waals surface area contributed by atoms with E-state index in [-0.39, 0.29) is 17.3 Å². The largest absolute Gasteiger partial charge is 0.493 e. The molecule has 4 rings (SSSR count). The zero-order valence-electron chi connectivity index (χ0n) is 19.8. The van der Waals surface area contributed by atoms with Crippen LogP contribution < -0.4 is 14.2 Å². The molecule has 0 fully saturated rings. The van der Waals surface area contributed by atoms with Crippen molar-refractivity contribution in [1.29, 1.82) is 5.41 Å². The molecule has 10 heteroatoms. The van der Waals surface area contributed by atoms with Gasteiger partial charge in [0.2, 0.25) is 5.17 Å². The van der Waals surface area contributed by atoms with E-state index in [1.54, 1.807) is 37.5 Å². The lowest BCUT2D eigenvalue weighted by molar-refractivity contribution is -0.114. The van der Waals surface area contributed by atoms with Crippen LogP contribution in [0, 0.1) is 18.3 Å². The number of hydrazone groups is 1. The monoisotopic (exact) mass is 512 g/mol. The van der Waals surface area contributed by atoms with Crippen molar-refractivity contribution >= 4 is 51.4 Å². The molecule has 2 aromatic carbocycles. The van der Waals surface area contributed by atoms with Gasteiger partial charge in [-0.2, -0.15) is 15.1 Å². The van der Waals surface area contributed by atoms with Gasteiger partial charge >= 0.3 is 0 Å². The van der Waals surface area contributed by atoms with Gasteiger partial charge in [-0.05, 0) is 66.2 Å². The molecule has 8 nitrogen and oxygen atoms in total. The molecule has 35 heavy (non-hydrogen) atoms. The van der Waals surface area contributed by atoms with Crippen molar-refractivity contribution in [3.8, 4) is 17.2 Å². The van der Waals surface area contributed by atoms with Gasteiger partial charge in [0, 0.05) is 10.9 Å². The Bertz CT molecular complexity index is 1270. The molecule has 2 aliphatic heterocycles. The molecule has 1 amide bonds. The van der Waals surface area contributed by atoms with Gasteiger partial charge in [-0.15, -0.1) is 0 Å². The quantitative estimate of drug-likeness (QED) is 0.376. The van der Waals surface area contributed by atoms with Crippen molar-refractivity contribution in [2.45, 2.75) is 20.8 Å². The average Bonchev–Trinajstić information content (AvgIpc) is 3.26. The molecular formula is C25H25ClN4O4S. The first kappa shape index (κ1) is 24.8. The van der Waals surface area contributed by atoms with E-state index in [2.05, 4.69) is 10.1 Å². The first-order valence-electron chi connectivity index (χ1n) is 11.0. The van der Waals surface area contributed by atoms with Gasteiger partial charge in [-0.25, -0.2) is 0 Å². The summed E-state index contributed by atoms with van der Waals surface area (Å²) in [7, 11) is 1.54. The summed E-state index contributed by atoms with van der Waals surface area (Å²) in [6.07, 6.45) is 1.61. The highest BCUT2D eigenvalue weighted by Crippen LogP contribution is 2.32. The van der Waals surface area contributed by atoms with Gasteiger partial charge < -0.3 is 14.2 Å². The minimum Gasteiger partial charge on any atom is -0.493 e. The van der Waals surface area contributed by atoms with Crippen molar-refractivity contribution in [2.24, 2.45) is 16.0 Å². The lowest BCUT2D eigenvalue weighted by atomic mass is 10.1. The van der Waals surface area contributed by atoms with E-state index in [4.69, 9.17) is 31.2 Å². The maximum absolute atomic E-state index is 12.6. The Morgan fingerprint density at radius 2 is 1.91 bits per heavy atom. The fraction of sp³-hybridized carbons (Fsp3) is 0.280. The van der Waals surface area contributed by atoms with Crippen LogP contribution in [0.3, 0.4) is 0 Å². The highest BCUT2D eigenvalue weighted by Gasteiger charge is 2.36. The van der Waals surface area contributed by atoms with Crippen LogP contribution in [0.2, 0.25) is 5.02 Å². The van der Waals surface area contributed by atoms with Crippen molar-refractivity contribution in [3.63, 3.8) is 0 Å². The highest BCUT2D eigenvalue weighted by molar-refractivity contribution is 8.27. The van der Waals surface area contributed by atoms with Crippen molar-refractivity contribution in [2.75, 3.05) is 20.3 Å². The second-order valence-corrected chi connectivity index (χ2v) is 9.53. The topological polar surface area (TPSA) is 96.6 Å². The molecule has 2 aromatic rings. The number of hydrogen-bond acceptors (Lipinski definition) is 7. The van der Waals surface area contributed by atoms with E-state index < -0.39 is 5.91 Å². The Labute approximate surface area is 213 Å². The van der Waals surface area contributed by atoms with Crippen LogP contribution in [0.25, 0.3) is 6.08 Å². The summed E-state index contributed by atoms with van der Waals surface area (Å²) in [5, 5.41) is 16.3. The van der Waals surface area contributed by atoms with Crippen molar-refractivity contribution in [3.05, 3.63) is 58.1 Å². The zero-order valence-corrected chi connectivity index (χ0v) is 21.4. The third-order valence-corrected chi connectivity index (χ3v) is 6.83. The minimum absolute atomic E-state index is 0.00275. The smallest absolute Gasteiger partial charge is 0.283 e. The predicted octanol–water partition coefficient (Wildman–Crippen LogP) is 5.39. The fourth-order valence-electron chi connectivity index (χ4n) is 3.32. The number of methoxy groups -OCH3 is 1. The summed E-state index contributed by atoms with van der Waals surface area (Å²) < 4.78 is 17.0. The van der Waals surface area contributed by atoms with E-state index in [0.717, 1.165) is 16.4 Å². The second-order valence-electron chi connectivity index (χ2n) is 8.13. The van der Waals surface area contributed by atoms with Gasteiger partial charge in [0.05, 0.1) is 12.7 Å².